The maximum Gasteiger partial charge on any atom is 0.300 e. The highest BCUT2D eigenvalue weighted by molar-refractivity contribution is 7.90. The van der Waals surface area contributed by atoms with Crippen molar-refractivity contribution in [1.29, 1.82) is 0 Å². The van der Waals surface area contributed by atoms with Gasteiger partial charge in [-0.15, -0.1) is 0 Å². The molecule has 0 atom stereocenters. The van der Waals surface area contributed by atoms with Gasteiger partial charge in [-0.2, -0.15) is 12.8 Å². The molecule has 0 spiro atoms. The van der Waals surface area contributed by atoms with E-state index in [2.05, 4.69) is 14.4 Å². The molecule has 6 heteroatoms. The Labute approximate surface area is 69.3 Å². The fourth-order valence-electron chi connectivity index (χ4n) is 1.04. The maximum absolute atomic E-state index is 11.2. The van der Waals surface area contributed by atoms with E-state index in [9.17, 15) is 8.42 Å². The predicted molar refractivity (Wildman–Crippen MR) is 41.4 cm³/mol. The largest absolute Gasteiger partial charge is 0.300 e. The number of sulfonamides is 1. The molecule has 0 unspecified atom stereocenters. The van der Waals surface area contributed by atoms with Crippen LogP contribution < -0.4 is 0 Å². The average molecular weight is 183 g/mol. The zero-order valence-electron chi connectivity index (χ0n) is 6.22. The number of hydrogen-bond donors (Lipinski definition) is 0. The lowest BCUT2D eigenvalue weighted by Gasteiger charge is -1.92. The molecular formula is C6H5N3O2S. The summed E-state index contributed by atoms with van der Waals surface area (Å²) in [6.07, 6.45) is 2.65. The van der Waals surface area contributed by atoms with Gasteiger partial charge in [0.05, 0.1) is 11.3 Å². The highest BCUT2D eigenvalue weighted by atomic mass is 32.2. The Bertz CT molecular complexity index is 463. The molecule has 2 heterocycles. The molecule has 0 aliphatic carbocycles. The van der Waals surface area contributed by atoms with Gasteiger partial charge in [-0.05, 0) is 6.92 Å². The molecule has 0 aromatic carbocycles. The van der Waals surface area contributed by atoms with Gasteiger partial charge in [-0.3, -0.25) is 0 Å². The van der Waals surface area contributed by atoms with Crippen molar-refractivity contribution in [1.82, 2.24) is 9.97 Å². The summed E-state index contributed by atoms with van der Waals surface area (Å²) >= 11 is 0. The van der Waals surface area contributed by atoms with Gasteiger partial charge in [-0.25, -0.2) is 9.97 Å². The molecule has 1 aromatic rings. The highest BCUT2D eigenvalue weighted by Gasteiger charge is 2.27. The molecule has 1 aliphatic heterocycles. The van der Waals surface area contributed by atoms with Crippen LogP contribution in [0, 0.1) is 0 Å². The fourth-order valence-corrected chi connectivity index (χ4v) is 2.25. The quantitative estimate of drug-likeness (QED) is 0.530. The summed E-state index contributed by atoms with van der Waals surface area (Å²) < 4.78 is 25.8. The van der Waals surface area contributed by atoms with Crippen molar-refractivity contribution in [2.24, 2.45) is 4.40 Å². The molecule has 12 heavy (non-hydrogen) atoms. The van der Waals surface area contributed by atoms with Crippen LogP contribution in [0.2, 0.25) is 0 Å². The van der Waals surface area contributed by atoms with Crippen molar-refractivity contribution < 1.29 is 8.42 Å². The van der Waals surface area contributed by atoms with E-state index in [4.69, 9.17) is 0 Å². The molecule has 2 rings (SSSR count). The third-order valence-electron chi connectivity index (χ3n) is 1.57. The highest BCUT2D eigenvalue weighted by Crippen LogP contribution is 2.21. The smallest absolute Gasteiger partial charge is 0.244 e. The average Bonchev–Trinajstić information content (AvgIpc) is 2.25. The minimum Gasteiger partial charge on any atom is -0.244 e. The van der Waals surface area contributed by atoms with Gasteiger partial charge in [0.15, 0.2) is 5.03 Å². The van der Waals surface area contributed by atoms with E-state index >= 15 is 0 Å². The van der Waals surface area contributed by atoms with E-state index in [1.165, 1.54) is 12.5 Å². The maximum atomic E-state index is 11.2. The van der Waals surface area contributed by atoms with Gasteiger partial charge in [0, 0.05) is 6.20 Å². The van der Waals surface area contributed by atoms with E-state index in [1.807, 2.05) is 0 Å². The van der Waals surface area contributed by atoms with E-state index in [-0.39, 0.29) is 5.03 Å². The minimum absolute atomic E-state index is 0.00926. The minimum atomic E-state index is -3.52. The van der Waals surface area contributed by atoms with Crippen LogP contribution in [-0.2, 0) is 10.0 Å². The van der Waals surface area contributed by atoms with Crippen LogP contribution in [0.25, 0.3) is 0 Å². The number of fused-ring (bicyclic) bond motifs is 1. The zero-order chi connectivity index (χ0) is 8.77. The normalized spacial score (nSPS) is 18.6. The molecule has 0 radical (unpaired) electrons. The molecule has 0 saturated heterocycles. The molecule has 0 N–H and O–H groups in total. The summed E-state index contributed by atoms with van der Waals surface area (Å²) in [4.78, 5) is 7.36. The van der Waals surface area contributed by atoms with E-state index in [0.717, 1.165) is 0 Å². The first-order valence-corrected chi connectivity index (χ1v) is 4.67. The number of aromatic nitrogens is 2. The Morgan fingerprint density at radius 1 is 1.42 bits per heavy atom. The van der Waals surface area contributed by atoms with Gasteiger partial charge in [0.1, 0.15) is 6.33 Å². The van der Waals surface area contributed by atoms with Crippen LogP contribution in [0.1, 0.15) is 12.5 Å². The fraction of sp³-hybridized carbons (Fsp3) is 0.167. The monoisotopic (exact) mass is 183 g/mol. The van der Waals surface area contributed by atoms with Gasteiger partial charge in [0.2, 0.25) is 0 Å². The first-order valence-electron chi connectivity index (χ1n) is 3.23. The summed E-state index contributed by atoms with van der Waals surface area (Å²) in [6.45, 7) is 1.62. The van der Waals surface area contributed by atoms with E-state index in [1.54, 1.807) is 6.92 Å². The Balaban J connectivity index is 2.86. The van der Waals surface area contributed by atoms with Crippen molar-refractivity contribution in [2.45, 2.75) is 11.9 Å². The van der Waals surface area contributed by atoms with Crippen LogP contribution in [-0.4, -0.2) is 24.1 Å². The van der Waals surface area contributed by atoms with Crippen molar-refractivity contribution in [3.8, 4) is 0 Å². The third-order valence-corrected chi connectivity index (χ3v) is 2.90. The van der Waals surface area contributed by atoms with Crippen LogP contribution in [0.3, 0.4) is 0 Å². The van der Waals surface area contributed by atoms with Crippen molar-refractivity contribution in [2.75, 3.05) is 0 Å². The van der Waals surface area contributed by atoms with Crippen molar-refractivity contribution in [3.63, 3.8) is 0 Å². The summed E-state index contributed by atoms with van der Waals surface area (Å²) in [5.74, 6) is 0. The van der Waals surface area contributed by atoms with Gasteiger partial charge >= 0.3 is 10.0 Å². The SMILES string of the molecule is CC1=NS(=O)(=O)c2ncncc21. The van der Waals surface area contributed by atoms with Crippen LogP contribution in [0.5, 0.6) is 0 Å². The molecule has 0 saturated carbocycles. The molecule has 62 valence electrons. The second kappa shape index (κ2) is 2.10. The van der Waals surface area contributed by atoms with Gasteiger partial charge in [0.25, 0.3) is 0 Å². The lowest BCUT2D eigenvalue weighted by atomic mass is 10.2. The molecule has 1 aliphatic rings. The Hall–Kier alpha value is -1.30. The second-order valence-electron chi connectivity index (χ2n) is 2.39. The first-order chi connectivity index (χ1) is 5.61. The molecule has 0 amide bonds. The van der Waals surface area contributed by atoms with Crippen molar-refractivity contribution >= 4 is 15.7 Å². The summed E-state index contributed by atoms with van der Waals surface area (Å²) in [6, 6.07) is 0. The van der Waals surface area contributed by atoms with Crippen LogP contribution in [0.4, 0.5) is 0 Å². The van der Waals surface area contributed by atoms with Crippen molar-refractivity contribution in [3.05, 3.63) is 18.1 Å². The van der Waals surface area contributed by atoms with Gasteiger partial charge in [-0.1, -0.05) is 0 Å². The van der Waals surface area contributed by atoms with Crippen LogP contribution >= 0.6 is 0 Å². The lowest BCUT2D eigenvalue weighted by molar-refractivity contribution is 0.595. The third kappa shape index (κ3) is 0.845. The summed E-state index contributed by atoms with van der Waals surface area (Å²) in [5.41, 5.74) is 0.947. The topological polar surface area (TPSA) is 72.3 Å². The number of rotatable bonds is 0. The number of nitrogens with zero attached hydrogens (tertiary/aromatic N) is 3. The standard InChI is InChI=1S/C6H5N3O2S/c1-4-5-2-7-3-8-6(5)12(10,11)9-4/h2-3H,1H3. The van der Waals surface area contributed by atoms with E-state index in [0.29, 0.717) is 11.3 Å². The lowest BCUT2D eigenvalue weighted by Crippen LogP contribution is -1.98. The molecule has 1 aromatic heterocycles. The Morgan fingerprint density at radius 2 is 2.17 bits per heavy atom. The Morgan fingerprint density at radius 3 is 2.83 bits per heavy atom. The van der Waals surface area contributed by atoms with E-state index < -0.39 is 10.0 Å². The second-order valence-corrected chi connectivity index (χ2v) is 3.91. The molecule has 5 nitrogen and oxygen atoms in total. The zero-order valence-corrected chi connectivity index (χ0v) is 7.04. The molecule has 0 fully saturated rings. The predicted octanol–water partition coefficient (Wildman–Crippen LogP) is -0.0121. The summed E-state index contributed by atoms with van der Waals surface area (Å²) in [5, 5.41) is 0.00926. The molecule has 0 bridgehead atoms. The van der Waals surface area contributed by atoms with Gasteiger partial charge < -0.3 is 0 Å². The first kappa shape index (κ1) is 7.35. The summed E-state index contributed by atoms with van der Waals surface area (Å²) in [7, 11) is -3.52. The Kier molecular flexibility index (Phi) is 1.29. The number of hydrogen-bond acceptors (Lipinski definition) is 4. The van der Waals surface area contributed by atoms with Crippen LogP contribution in [0.15, 0.2) is 21.9 Å². The molecular weight excluding hydrogens is 178 g/mol.